The minimum absolute atomic E-state index is 0. The third kappa shape index (κ3) is 3.82. The van der Waals surface area contributed by atoms with E-state index in [1.165, 1.54) is 5.39 Å². The van der Waals surface area contributed by atoms with Crippen molar-refractivity contribution >= 4 is 34.2 Å². The SMILES string of the molecule is Cl.N#Cc1cccc2cccnc12.c1ccc2ncccc2c1. The number of benzene rings is 2. The van der Waals surface area contributed by atoms with E-state index < -0.39 is 0 Å². The molecule has 0 aliphatic carbocycles. The van der Waals surface area contributed by atoms with Crippen molar-refractivity contribution in [1.82, 2.24) is 9.97 Å². The van der Waals surface area contributed by atoms with Crippen LogP contribution in [-0.2, 0) is 0 Å². The highest BCUT2D eigenvalue weighted by Gasteiger charge is 1.98. The summed E-state index contributed by atoms with van der Waals surface area (Å²) in [6.45, 7) is 0. The molecule has 2 aromatic carbocycles. The Morgan fingerprint density at radius 3 is 2.13 bits per heavy atom. The Balaban J connectivity index is 0.000000162. The van der Waals surface area contributed by atoms with Crippen LogP contribution in [0.2, 0.25) is 0 Å². The van der Waals surface area contributed by atoms with E-state index in [-0.39, 0.29) is 12.4 Å². The Morgan fingerprint density at radius 1 is 0.696 bits per heavy atom. The molecule has 0 spiro atoms. The number of aromatic nitrogens is 2. The highest BCUT2D eigenvalue weighted by atomic mass is 35.5. The summed E-state index contributed by atoms with van der Waals surface area (Å²) in [5, 5.41) is 11.0. The predicted octanol–water partition coefficient (Wildman–Crippen LogP) is 4.76. The molecule has 23 heavy (non-hydrogen) atoms. The molecule has 0 N–H and O–H groups in total. The van der Waals surface area contributed by atoms with Crippen LogP contribution < -0.4 is 0 Å². The smallest absolute Gasteiger partial charge is 0.101 e. The second-order valence-electron chi connectivity index (χ2n) is 4.69. The number of hydrogen-bond donors (Lipinski definition) is 0. The zero-order valence-electron chi connectivity index (χ0n) is 12.3. The van der Waals surface area contributed by atoms with Gasteiger partial charge in [0.15, 0.2) is 0 Å². The lowest BCUT2D eigenvalue weighted by atomic mass is 10.1. The molecule has 0 bridgehead atoms. The largest absolute Gasteiger partial charge is 0.256 e. The topological polar surface area (TPSA) is 49.6 Å². The molecule has 0 saturated heterocycles. The Morgan fingerprint density at radius 2 is 1.35 bits per heavy atom. The van der Waals surface area contributed by atoms with E-state index in [0.717, 1.165) is 16.4 Å². The number of para-hydroxylation sites is 2. The van der Waals surface area contributed by atoms with Crippen molar-refractivity contribution in [2.75, 3.05) is 0 Å². The Labute approximate surface area is 140 Å². The molecule has 0 unspecified atom stereocenters. The van der Waals surface area contributed by atoms with E-state index in [1.807, 2.05) is 54.7 Å². The number of halogens is 1. The highest BCUT2D eigenvalue weighted by molar-refractivity contribution is 5.85. The first-order chi connectivity index (χ1) is 10.9. The van der Waals surface area contributed by atoms with Crippen molar-refractivity contribution in [1.29, 1.82) is 5.26 Å². The summed E-state index contributed by atoms with van der Waals surface area (Å²) in [6, 6.07) is 23.6. The van der Waals surface area contributed by atoms with Gasteiger partial charge in [-0.05, 0) is 24.3 Å². The van der Waals surface area contributed by atoms with Crippen LogP contribution in [0.1, 0.15) is 5.56 Å². The molecule has 4 rings (SSSR count). The number of hydrogen-bond acceptors (Lipinski definition) is 3. The van der Waals surface area contributed by atoms with Gasteiger partial charge in [0, 0.05) is 23.2 Å². The third-order valence-electron chi connectivity index (χ3n) is 3.27. The van der Waals surface area contributed by atoms with Crippen LogP contribution >= 0.6 is 12.4 Å². The summed E-state index contributed by atoms with van der Waals surface area (Å²) in [7, 11) is 0. The van der Waals surface area contributed by atoms with E-state index in [2.05, 4.69) is 28.2 Å². The summed E-state index contributed by atoms with van der Waals surface area (Å²) in [5.74, 6) is 0. The standard InChI is InChI=1S/C10H6N2.C9H7N.ClH/c11-7-9-4-1-3-8-5-2-6-12-10(8)9;1-2-6-9-8(4-1)5-3-7-10-9;/h1-6H;1-7H;1H. The zero-order valence-corrected chi connectivity index (χ0v) is 13.1. The first-order valence-corrected chi connectivity index (χ1v) is 6.92. The lowest BCUT2D eigenvalue weighted by Crippen LogP contribution is -1.81. The molecule has 0 aliphatic rings. The monoisotopic (exact) mass is 319 g/mol. The van der Waals surface area contributed by atoms with Crippen molar-refractivity contribution in [3.05, 3.63) is 84.7 Å². The number of nitriles is 1. The summed E-state index contributed by atoms with van der Waals surface area (Å²) in [6.07, 6.45) is 3.51. The highest BCUT2D eigenvalue weighted by Crippen LogP contribution is 2.14. The Hall–Kier alpha value is -2.96. The van der Waals surface area contributed by atoms with E-state index in [0.29, 0.717) is 5.56 Å². The van der Waals surface area contributed by atoms with Crippen LogP contribution in [0.15, 0.2) is 79.1 Å². The van der Waals surface area contributed by atoms with E-state index in [4.69, 9.17) is 5.26 Å². The van der Waals surface area contributed by atoms with Gasteiger partial charge in [-0.3, -0.25) is 9.97 Å². The fraction of sp³-hybridized carbons (Fsp3) is 0. The van der Waals surface area contributed by atoms with Crippen LogP contribution in [0, 0.1) is 11.3 Å². The van der Waals surface area contributed by atoms with Crippen molar-refractivity contribution in [3.8, 4) is 6.07 Å². The van der Waals surface area contributed by atoms with Crippen LogP contribution in [-0.4, -0.2) is 9.97 Å². The maximum absolute atomic E-state index is 8.75. The number of rotatable bonds is 0. The van der Waals surface area contributed by atoms with Gasteiger partial charge in [0.2, 0.25) is 0 Å². The van der Waals surface area contributed by atoms with Crippen LogP contribution in [0.25, 0.3) is 21.8 Å². The van der Waals surface area contributed by atoms with E-state index >= 15 is 0 Å². The summed E-state index contributed by atoms with van der Waals surface area (Å²) >= 11 is 0. The molecule has 2 heterocycles. The van der Waals surface area contributed by atoms with Gasteiger partial charge in [-0.1, -0.05) is 42.5 Å². The molecule has 2 aromatic heterocycles. The lowest BCUT2D eigenvalue weighted by molar-refractivity contribution is 1.39. The lowest BCUT2D eigenvalue weighted by Gasteiger charge is -1.95. The maximum Gasteiger partial charge on any atom is 0.101 e. The van der Waals surface area contributed by atoms with Crippen LogP contribution in [0.5, 0.6) is 0 Å². The molecule has 112 valence electrons. The van der Waals surface area contributed by atoms with E-state index in [9.17, 15) is 0 Å². The van der Waals surface area contributed by atoms with Crippen molar-refractivity contribution < 1.29 is 0 Å². The normalized spacial score (nSPS) is 9.35. The second kappa shape index (κ2) is 7.88. The fourth-order valence-electron chi connectivity index (χ4n) is 2.21. The van der Waals surface area contributed by atoms with Gasteiger partial charge in [-0.15, -0.1) is 12.4 Å². The maximum atomic E-state index is 8.75. The van der Waals surface area contributed by atoms with Gasteiger partial charge >= 0.3 is 0 Å². The van der Waals surface area contributed by atoms with Gasteiger partial charge in [0.25, 0.3) is 0 Å². The predicted molar refractivity (Wildman–Crippen MR) is 95.4 cm³/mol. The number of nitrogens with zero attached hydrogens (tertiary/aromatic N) is 3. The first-order valence-electron chi connectivity index (χ1n) is 6.92. The van der Waals surface area contributed by atoms with Crippen LogP contribution in [0.3, 0.4) is 0 Å². The van der Waals surface area contributed by atoms with E-state index in [1.54, 1.807) is 12.3 Å². The zero-order chi connectivity index (χ0) is 15.2. The summed E-state index contributed by atoms with van der Waals surface area (Å²) < 4.78 is 0. The Bertz CT molecular complexity index is 890. The quantitative estimate of drug-likeness (QED) is 0.469. The van der Waals surface area contributed by atoms with Gasteiger partial charge < -0.3 is 0 Å². The minimum Gasteiger partial charge on any atom is -0.256 e. The molecule has 0 saturated carbocycles. The molecule has 0 radical (unpaired) electrons. The number of pyridine rings is 2. The van der Waals surface area contributed by atoms with Crippen molar-refractivity contribution in [3.63, 3.8) is 0 Å². The number of fused-ring (bicyclic) bond motifs is 2. The third-order valence-corrected chi connectivity index (χ3v) is 3.27. The summed E-state index contributed by atoms with van der Waals surface area (Å²) in [5.41, 5.74) is 2.47. The average Bonchev–Trinajstić information content (AvgIpc) is 2.62. The molecule has 0 aliphatic heterocycles. The Kier molecular flexibility index (Phi) is 5.62. The second-order valence-corrected chi connectivity index (χ2v) is 4.69. The van der Waals surface area contributed by atoms with Crippen molar-refractivity contribution in [2.45, 2.75) is 0 Å². The molecule has 3 nitrogen and oxygen atoms in total. The van der Waals surface area contributed by atoms with Gasteiger partial charge in [0.1, 0.15) is 6.07 Å². The fourth-order valence-corrected chi connectivity index (χ4v) is 2.21. The minimum atomic E-state index is 0. The molecular weight excluding hydrogens is 306 g/mol. The summed E-state index contributed by atoms with van der Waals surface area (Å²) in [4.78, 5) is 8.31. The molecule has 0 atom stereocenters. The molecular formula is C19H14ClN3. The van der Waals surface area contributed by atoms with Gasteiger partial charge in [-0.25, -0.2) is 0 Å². The first kappa shape index (κ1) is 16.4. The molecule has 0 amide bonds. The molecule has 4 aromatic rings. The van der Waals surface area contributed by atoms with Gasteiger partial charge in [-0.2, -0.15) is 5.26 Å². The van der Waals surface area contributed by atoms with Crippen LogP contribution in [0.4, 0.5) is 0 Å². The molecule has 4 heteroatoms. The van der Waals surface area contributed by atoms with Crippen molar-refractivity contribution in [2.24, 2.45) is 0 Å². The molecule has 0 fully saturated rings. The van der Waals surface area contributed by atoms with Gasteiger partial charge in [0.05, 0.1) is 16.6 Å². The average molecular weight is 320 g/mol.